The number of nitrogens with zero attached hydrogens (tertiary/aromatic N) is 1. The van der Waals surface area contributed by atoms with Crippen molar-refractivity contribution in [2.45, 2.75) is 40.0 Å². The van der Waals surface area contributed by atoms with Crippen LogP contribution in [-0.4, -0.2) is 23.9 Å². The molecule has 5 rings (SSSR count). The van der Waals surface area contributed by atoms with Gasteiger partial charge in [0, 0.05) is 15.8 Å². The van der Waals surface area contributed by atoms with Crippen LogP contribution >= 0.6 is 11.3 Å². The zero-order chi connectivity index (χ0) is 26.3. The number of methoxy groups -OCH3 is 1. The van der Waals surface area contributed by atoms with Gasteiger partial charge in [0.1, 0.15) is 10.8 Å². The summed E-state index contributed by atoms with van der Waals surface area (Å²) in [5.74, 6) is 0.426. The van der Waals surface area contributed by atoms with Crippen LogP contribution in [0.2, 0.25) is 0 Å². The molecule has 2 aromatic carbocycles. The first-order chi connectivity index (χ1) is 17.7. The second-order valence-electron chi connectivity index (χ2n) is 10.6. The van der Waals surface area contributed by atoms with E-state index in [9.17, 15) is 9.59 Å². The molecule has 0 spiro atoms. The summed E-state index contributed by atoms with van der Waals surface area (Å²) in [6.07, 6.45) is 2.68. The molecule has 0 bridgehead atoms. The van der Waals surface area contributed by atoms with Crippen molar-refractivity contribution < 1.29 is 14.3 Å². The van der Waals surface area contributed by atoms with Gasteiger partial charge in [0.05, 0.1) is 29.4 Å². The number of nitrogens with two attached hydrogens (primary N) is 1. The van der Waals surface area contributed by atoms with Crippen LogP contribution < -0.4 is 15.8 Å². The number of anilines is 1. The predicted molar refractivity (Wildman–Crippen MR) is 149 cm³/mol. The largest absolute Gasteiger partial charge is 0.497 e. The summed E-state index contributed by atoms with van der Waals surface area (Å²) in [5, 5.41) is 4.30. The lowest BCUT2D eigenvalue weighted by atomic mass is 9.72. The highest BCUT2D eigenvalue weighted by atomic mass is 32.1. The maximum atomic E-state index is 13.7. The average molecular weight is 514 g/mol. The van der Waals surface area contributed by atoms with Gasteiger partial charge in [0.15, 0.2) is 0 Å². The van der Waals surface area contributed by atoms with Gasteiger partial charge in [-0.15, -0.1) is 11.3 Å². The van der Waals surface area contributed by atoms with Gasteiger partial charge in [-0.05, 0) is 60.4 Å². The highest BCUT2D eigenvalue weighted by Crippen LogP contribution is 2.44. The van der Waals surface area contributed by atoms with E-state index in [1.165, 1.54) is 11.3 Å². The quantitative estimate of drug-likeness (QED) is 0.320. The molecule has 3 N–H and O–H groups in total. The second-order valence-corrected chi connectivity index (χ2v) is 11.7. The van der Waals surface area contributed by atoms with Gasteiger partial charge < -0.3 is 15.8 Å². The number of carbonyl (C=O) groups excluding carboxylic acids is 2. The highest BCUT2D eigenvalue weighted by Gasteiger charge is 2.33. The lowest BCUT2D eigenvalue weighted by Crippen LogP contribution is -2.27. The molecule has 2 aromatic heterocycles. The summed E-state index contributed by atoms with van der Waals surface area (Å²) in [6.45, 7) is 6.76. The lowest BCUT2D eigenvalue weighted by molar-refractivity contribution is 0.1000. The Balaban J connectivity index is 1.55. The van der Waals surface area contributed by atoms with Crippen molar-refractivity contribution in [2.75, 3.05) is 12.4 Å². The number of amides is 2. The molecule has 0 radical (unpaired) electrons. The number of pyridine rings is 1. The maximum Gasteiger partial charge on any atom is 0.257 e. The Morgan fingerprint density at radius 1 is 1.11 bits per heavy atom. The Labute approximate surface area is 220 Å². The Morgan fingerprint density at radius 2 is 1.89 bits per heavy atom. The molecular weight excluding hydrogens is 482 g/mol. The summed E-state index contributed by atoms with van der Waals surface area (Å²) >= 11 is 1.48. The molecule has 190 valence electrons. The van der Waals surface area contributed by atoms with Crippen LogP contribution in [-0.2, 0) is 12.8 Å². The van der Waals surface area contributed by atoms with Crippen LogP contribution in [0, 0.1) is 11.3 Å². The monoisotopic (exact) mass is 513 g/mol. The molecule has 1 aliphatic rings. The van der Waals surface area contributed by atoms with Crippen LogP contribution in [0.1, 0.15) is 58.3 Å². The smallest absolute Gasteiger partial charge is 0.257 e. The van der Waals surface area contributed by atoms with Gasteiger partial charge in [-0.3, -0.25) is 9.59 Å². The first-order valence-corrected chi connectivity index (χ1v) is 13.3. The van der Waals surface area contributed by atoms with E-state index in [1.807, 2.05) is 48.5 Å². The second kappa shape index (κ2) is 9.63. The molecule has 6 nitrogen and oxygen atoms in total. The van der Waals surface area contributed by atoms with E-state index in [4.69, 9.17) is 15.5 Å². The van der Waals surface area contributed by atoms with Crippen molar-refractivity contribution in [1.82, 2.24) is 4.98 Å². The summed E-state index contributed by atoms with van der Waals surface area (Å²) in [6, 6.07) is 16.9. The van der Waals surface area contributed by atoms with Gasteiger partial charge in [-0.2, -0.15) is 0 Å². The van der Waals surface area contributed by atoms with Crippen LogP contribution in [0.25, 0.3) is 22.2 Å². The van der Waals surface area contributed by atoms with Crippen molar-refractivity contribution in [1.29, 1.82) is 0 Å². The van der Waals surface area contributed by atoms with Gasteiger partial charge in [-0.25, -0.2) is 4.98 Å². The van der Waals surface area contributed by atoms with Crippen molar-refractivity contribution in [2.24, 2.45) is 17.1 Å². The minimum Gasteiger partial charge on any atom is -0.497 e. The number of ether oxygens (including phenoxy) is 1. The Hall–Kier alpha value is -3.71. The third-order valence-electron chi connectivity index (χ3n) is 7.29. The standard InChI is InChI=1S/C30H31N3O3S/c1-30(2,3)18-12-13-21-25(15-18)37-29(26(21)27(31)34)33-28(35)22-16-24(17-8-7-9-19(14-17)36-4)32-23-11-6-5-10-20(22)23/h5-11,14,16,18H,12-13,15H2,1-4H3,(H2,31,34)(H,33,35)/t18-/m0/s1. The average Bonchev–Trinajstić information content (AvgIpc) is 3.24. The number of nitrogens with one attached hydrogen (secondary N) is 1. The molecule has 37 heavy (non-hydrogen) atoms. The molecule has 2 amide bonds. The van der Waals surface area contributed by atoms with Crippen molar-refractivity contribution in [3.8, 4) is 17.0 Å². The van der Waals surface area contributed by atoms with E-state index in [2.05, 4.69) is 26.1 Å². The third kappa shape index (κ3) is 4.83. The van der Waals surface area contributed by atoms with Crippen molar-refractivity contribution in [3.63, 3.8) is 0 Å². The first-order valence-electron chi connectivity index (χ1n) is 12.5. The SMILES string of the molecule is COc1cccc(-c2cc(C(=O)Nc3sc4c(c3C(N)=O)CC[C@H](C(C)(C)C)C4)c3ccccc3n2)c1. The molecule has 0 unspecified atom stereocenters. The first kappa shape index (κ1) is 25.0. The lowest BCUT2D eigenvalue weighted by Gasteiger charge is -2.33. The highest BCUT2D eigenvalue weighted by molar-refractivity contribution is 7.17. The molecule has 4 aromatic rings. The minimum atomic E-state index is -0.501. The van der Waals surface area contributed by atoms with E-state index in [-0.39, 0.29) is 11.3 Å². The van der Waals surface area contributed by atoms with E-state index in [0.29, 0.717) is 39.0 Å². The van der Waals surface area contributed by atoms with Crippen LogP contribution in [0.5, 0.6) is 5.75 Å². The van der Waals surface area contributed by atoms with Gasteiger partial charge >= 0.3 is 0 Å². The number of primary amides is 1. The molecule has 0 fully saturated rings. The summed E-state index contributed by atoms with van der Waals surface area (Å²) in [4.78, 5) is 32.2. The number of hydrogen-bond acceptors (Lipinski definition) is 5. The van der Waals surface area contributed by atoms with Gasteiger partial charge in [-0.1, -0.05) is 51.1 Å². The molecule has 0 saturated heterocycles. The van der Waals surface area contributed by atoms with E-state index in [0.717, 1.165) is 40.7 Å². The third-order valence-corrected chi connectivity index (χ3v) is 8.46. The van der Waals surface area contributed by atoms with E-state index < -0.39 is 5.91 Å². The van der Waals surface area contributed by atoms with Crippen molar-refractivity contribution in [3.05, 3.63) is 76.2 Å². The van der Waals surface area contributed by atoms with E-state index in [1.54, 1.807) is 13.2 Å². The molecule has 0 saturated carbocycles. The minimum absolute atomic E-state index is 0.171. The number of aromatic nitrogens is 1. The fourth-order valence-corrected chi connectivity index (χ4v) is 6.47. The van der Waals surface area contributed by atoms with Crippen LogP contribution in [0.3, 0.4) is 0 Å². The molecular formula is C30H31N3O3S. The molecule has 0 aliphatic heterocycles. The van der Waals surface area contributed by atoms with E-state index >= 15 is 0 Å². The normalized spacial score (nSPS) is 15.3. The van der Waals surface area contributed by atoms with Crippen molar-refractivity contribution >= 4 is 39.1 Å². The fourth-order valence-electron chi connectivity index (χ4n) is 5.14. The number of hydrogen-bond donors (Lipinski definition) is 2. The zero-order valence-corrected chi connectivity index (χ0v) is 22.4. The Morgan fingerprint density at radius 3 is 2.62 bits per heavy atom. The number of rotatable bonds is 5. The molecule has 1 atom stereocenters. The van der Waals surface area contributed by atoms with Crippen LogP contribution in [0.15, 0.2) is 54.6 Å². The van der Waals surface area contributed by atoms with Gasteiger partial charge in [0.25, 0.3) is 11.8 Å². The number of benzene rings is 2. The predicted octanol–water partition coefficient (Wildman–Crippen LogP) is 6.47. The molecule has 2 heterocycles. The summed E-state index contributed by atoms with van der Waals surface area (Å²) in [5.41, 5.74) is 10.1. The number of carbonyl (C=O) groups is 2. The van der Waals surface area contributed by atoms with Gasteiger partial charge in [0.2, 0.25) is 0 Å². The Bertz CT molecular complexity index is 1520. The molecule has 7 heteroatoms. The fraction of sp³-hybridized carbons (Fsp3) is 0.300. The van der Waals surface area contributed by atoms with Crippen LogP contribution in [0.4, 0.5) is 5.00 Å². The maximum absolute atomic E-state index is 13.7. The topological polar surface area (TPSA) is 94.3 Å². The molecule has 1 aliphatic carbocycles. The number of fused-ring (bicyclic) bond motifs is 2. The summed E-state index contributed by atoms with van der Waals surface area (Å²) < 4.78 is 5.37. The Kier molecular flexibility index (Phi) is 6.50. The number of para-hydroxylation sites is 1. The number of thiophene rings is 1. The zero-order valence-electron chi connectivity index (χ0n) is 21.6. The summed E-state index contributed by atoms with van der Waals surface area (Å²) in [7, 11) is 1.62.